The molecule has 1 unspecified atom stereocenters. The molecule has 1 atom stereocenters. The molecule has 5 nitrogen and oxygen atoms in total. The first-order valence-corrected chi connectivity index (χ1v) is 12.2. The molecule has 31 heavy (non-hydrogen) atoms. The molecule has 2 aromatic rings. The van der Waals surface area contributed by atoms with E-state index in [0.717, 1.165) is 49.5 Å². The van der Waals surface area contributed by atoms with Gasteiger partial charge in [-0.3, -0.25) is 9.69 Å². The Bertz CT molecular complexity index is 874. The van der Waals surface area contributed by atoms with E-state index in [9.17, 15) is 4.79 Å². The molecule has 2 heterocycles. The van der Waals surface area contributed by atoms with Gasteiger partial charge in [0.1, 0.15) is 5.75 Å². The number of aryl methyl sites for hydroxylation is 1. The zero-order valence-electron chi connectivity index (χ0n) is 19.2. The second-order valence-electron chi connectivity index (χ2n) is 8.51. The van der Waals surface area contributed by atoms with Gasteiger partial charge in [0, 0.05) is 43.1 Å². The monoisotopic (exact) mass is 444 g/mol. The van der Waals surface area contributed by atoms with Gasteiger partial charge >= 0.3 is 0 Å². The Morgan fingerprint density at radius 3 is 2.68 bits per heavy atom. The number of hydrogen-bond acceptors (Lipinski definition) is 5. The van der Waals surface area contributed by atoms with Crippen molar-refractivity contribution in [2.24, 2.45) is 5.92 Å². The van der Waals surface area contributed by atoms with Crippen molar-refractivity contribution in [3.05, 3.63) is 50.7 Å². The highest BCUT2D eigenvalue weighted by Crippen LogP contribution is 2.34. The molecule has 1 aliphatic rings. The number of aliphatic hydroxyl groups excluding tert-OH is 1. The number of nitrogens with one attached hydrogen (secondary N) is 1. The van der Waals surface area contributed by atoms with E-state index in [-0.39, 0.29) is 12.5 Å². The van der Waals surface area contributed by atoms with Gasteiger partial charge in [-0.15, -0.1) is 11.3 Å². The minimum absolute atomic E-state index is 0.0530. The third-order valence-corrected chi connectivity index (χ3v) is 7.59. The second kappa shape index (κ2) is 11.1. The maximum Gasteiger partial charge on any atom is 0.261 e. The Morgan fingerprint density at radius 1 is 1.23 bits per heavy atom. The molecule has 0 spiro atoms. The van der Waals surface area contributed by atoms with Crippen LogP contribution in [0.1, 0.15) is 64.0 Å². The first kappa shape index (κ1) is 23.8. The lowest BCUT2D eigenvalue weighted by molar-refractivity contribution is 0.0570. The molecule has 0 saturated carbocycles. The molecule has 6 heteroatoms. The fourth-order valence-electron chi connectivity index (χ4n) is 4.09. The number of hydrogen-bond donors (Lipinski definition) is 2. The molecular formula is C25H36N2O3S. The lowest BCUT2D eigenvalue weighted by Crippen LogP contribution is -2.52. The average Bonchev–Trinajstić information content (AvgIpc) is 3.22. The van der Waals surface area contributed by atoms with Crippen LogP contribution in [0.25, 0.3) is 0 Å². The number of likely N-dealkylation sites (tertiary alicyclic amines) is 1. The number of aliphatic hydroxyl groups is 1. The van der Waals surface area contributed by atoms with E-state index in [1.807, 2.05) is 12.1 Å². The molecule has 0 aliphatic carbocycles. The fraction of sp³-hybridized carbons (Fsp3) is 0.560. The number of carbonyl (C=O) groups is 1. The number of benzene rings is 1. The Kier molecular flexibility index (Phi) is 8.52. The Labute approximate surface area is 190 Å². The van der Waals surface area contributed by atoms with Crippen LogP contribution in [0.15, 0.2) is 24.3 Å². The molecule has 1 fully saturated rings. The number of rotatable bonds is 11. The summed E-state index contributed by atoms with van der Waals surface area (Å²) in [4.78, 5) is 16.9. The van der Waals surface area contributed by atoms with Crippen molar-refractivity contribution in [2.75, 3.05) is 32.8 Å². The summed E-state index contributed by atoms with van der Waals surface area (Å²) in [6, 6.07) is 8.58. The van der Waals surface area contributed by atoms with Crippen LogP contribution in [0.2, 0.25) is 0 Å². The van der Waals surface area contributed by atoms with Gasteiger partial charge in [-0.2, -0.15) is 0 Å². The van der Waals surface area contributed by atoms with E-state index in [1.165, 1.54) is 21.6 Å². The summed E-state index contributed by atoms with van der Waals surface area (Å²) in [5, 5.41) is 12.0. The molecule has 1 aliphatic heterocycles. The highest BCUT2D eigenvalue weighted by atomic mass is 32.1. The van der Waals surface area contributed by atoms with Crippen molar-refractivity contribution in [1.29, 1.82) is 0 Å². The van der Waals surface area contributed by atoms with Crippen LogP contribution in [0.3, 0.4) is 0 Å². The van der Waals surface area contributed by atoms with Crippen LogP contribution in [0.4, 0.5) is 0 Å². The third-order valence-electron chi connectivity index (χ3n) is 6.36. The largest absolute Gasteiger partial charge is 0.493 e. The molecule has 170 valence electrons. The van der Waals surface area contributed by atoms with E-state index >= 15 is 0 Å². The third kappa shape index (κ3) is 5.88. The van der Waals surface area contributed by atoms with Gasteiger partial charge in [-0.05, 0) is 74.9 Å². The lowest BCUT2D eigenvalue weighted by Gasteiger charge is -2.44. The Hall–Kier alpha value is -1.89. The number of carbonyl (C=O) groups excluding carboxylic acids is 1. The summed E-state index contributed by atoms with van der Waals surface area (Å²) in [5.74, 6) is 1.50. The molecule has 1 saturated heterocycles. The van der Waals surface area contributed by atoms with Crippen molar-refractivity contribution in [3.63, 3.8) is 0 Å². The Morgan fingerprint density at radius 2 is 2.00 bits per heavy atom. The van der Waals surface area contributed by atoms with Crippen molar-refractivity contribution in [3.8, 4) is 5.75 Å². The standard InChI is InChI=1S/C25H36N2O3S/c1-5-21-8-11-24(31-21)25(29)26-14-20-15-27(16-20)19(4)22-9-10-23(18(3)17(22)2)30-13-7-6-12-28/h8-11,19-20,28H,5-7,12-16H2,1-4H3,(H,26,29). The molecule has 3 rings (SSSR count). The van der Waals surface area contributed by atoms with Crippen molar-refractivity contribution >= 4 is 17.2 Å². The molecule has 1 aromatic carbocycles. The van der Waals surface area contributed by atoms with Crippen LogP contribution < -0.4 is 10.1 Å². The Balaban J connectivity index is 1.47. The van der Waals surface area contributed by atoms with E-state index in [4.69, 9.17) is 9.84 Å². The van der Waals surface area contributed by atoms with Gasteiger partial charge in [0.15, 0.2) is 0 Å². The van der Waals surface area contributed by atoms with Crippen molar-refractivity contribution < 1.29 is 14.6 Å². The first-order chi connectivity index (χ1) is 14.9. The molecule has 1 aromatic heterocycles. The minimum atomic E-state index is 0.0530. The van der Waals surface area contributed by atoms with Gasteiger partial charge in [-0.1, -0.05) is 13.0 Å². The summed E-state index contributed by atoms with van der Waals surface area (Å²) >= 11 is 1.59. The average molecular weight is 445 g/mol. The van der Waals surface area contributed by atoms with Gasteiger partial charge in [-0.25, -0.2) is 0 Å². The molecule has 2 N–H and O–H groups in total. The number of thiophene rings is 1. The van der Waals surface area contributed by atoms with Crippen molar-refractivity contribution in [1.82, 2.24) is 10.2 Å². The van der Waals surface area contributed by atoms with Crippen LogP contribution in [-0.2, 0) is 6.42 Å². The summed E-state index contributed by atoms with van der Waals surface area (Å²) in [6.07, 6.45) is 2.62. The summed E-state index contributed by atoms with van der Waals surface area (Å²) in [5.41, 5.74) is 3.82. The normalized spacial score (nSPS) is 15.5. The van der Waals surface area contributed by atoms with E-state index < -0.39 is 0 Å². The fourth-order valence-corrected chi connectivity index (χ4v) is 4.95. The van der Waals surface area contributed by atoms with Crippen molar-refractivity contribution in [2.45, 2.75) is 53.0 Å². The van der Waals surface area contributed by atoms with Gasteiger partial charge < -0.3 is 15.2 Å². The zero-order valence-corrected chi connectivity index (χ0v) is 20.1. The summed E-state index contributed by atoms with van der Waals surface area (Å²) in [7, 11) is 0. The van der Waals surface area contributed by atoms with E-state index in [0.29, 0.717) is 18.6 Å². The van der Waals surface area contributed by atoms with Crippen LogP contribution in [0, 0.1) is 19.8 Å². The number of nitrogens with zero attached hydrogens (tertiary/aromatic N) is 1. The van der Waals surface area contributed by atoms with Gasteiger partial charge in [0.05, 0.1) is 11.5 Å². The van der Waals surface area contributed by atoms with E-state index in [2.05, 4.69) is 50.0 Å². The van der Waals surface area contributed by atoms with Crippen LogP contribution in [0.5, 0.6) is 5.75 Å². The number of amides is 1. The zero-order chi connectivity index (χ0) is 22.4. The van der Waals surface area contributed by atoms with Crippen LogP contribution in [-0.4, -0.2) is 48.8 Å². The molecular weight excluding hydrogens is 408 g/mol. The molecule has 1 amide bonds. The van der Waals surface area contributed by atoms with Crippen LogP contribution >= 0.6 is 11.3 Å². The second-order valence-corrected chi connectivity index (χ2v) is 9.68. The summed E-state index contributed by atoms with van der Waals surface area (Å²) in [6.45, 7) is 12.3. The minimum Gasteiger partial charge on any atom is -0.493 e. The van der Waals surface area contributed by atoms with E-state index in [1.54, 1.807) is 11.3 Å². The highest BCUT2D eigenvalue weighted by Gasteiger charge is 2.32. The highest BCUT2D eigenvalue weighted by molar-refractivity contribution is 7.14. The SMILES string of the molecule is CCc1ccc(C(=O)NCC2CN(C(C)c3ccc(OCCCCO)c(C)c3C)C2)s1. The van der Waals surface area contributed by atoms with Gasteiger partial charge in [0.25, 0.3) is 5.91 Å². The summed E-state index contributed by atoms with van der Waals surface area (Å²) < 4.78 is 5.91. The predicted octanol–water partition coefficient (Wildman–Crippen LogP) is 4.50. The molecule has 0 bridgehead atoms. The van der Waals surface area contributed by atoms with Gasteiger partial charge in [0.2, 0.25) is 0 Å². The first-order valence-electron chi connectivity index (χ1n) is 11.4. The maximum atomic E-state index is 12.3. The smallest absolute Gasteiger partial charge is 0.261 e. The molecule has 0 radical (unpaired) electrons. The topological polar surface area (TPSA) is 61.8 Å². The number of ether oxygens (including phenoxy) is 1. The lowest BCUT2D eigenvalue weighted by atomic mass is 9.91. The number of unbranched alkanes of at least 4 members (excludes halogenated alkanes) is 1. The quantitative estimate of drug-likeness (QED) is 0.501. The predicted molar refractivity (Wildman–Crippen MR) is 127 cm³/mol. The maximum absolute atomic E-state index is 12.3.